The van der Waals surface area contributed by atoms with Crippen molar-refractivity contribution in [2.24, 2.45) is 5.41 Å². The zero-order chi connectivity index (χ0) is 14.8. The molecule has 1 aromatic rings. The lowest BCUT2D eigenvalue weighted by atomic mass is 9.80. The van der Waals surface area contributed by atoms with Gasteiger partial charge in [0.15, 0.2) is 0 Å². The van der Waals surface area contributed by atoms with Gasteiger partial charge in [-0.2, -0.15) is 0 Å². The number of hydrogen-bond acceptors (Lipinski definition) is 4. The molecule has 1 aliphatic heterocycles. The molecule has 2 rings (SSSR count). The molecule has 3 nitrogen and oxygen atoms in total. The molecule has 0 aliphatic carbocycles. The van der Waals surface area contributed by atoms with Crippen molar-refractivity contribution in [1.29, 1.82) is 0 Å². The second kappa shape index (κ2) is 6.12. The van der Waals surface area contributed by atoms with Gasteiger partial charge in [-0.1, -0.05) is 27.7 Å². The molecular weight excluding hydrogens is 266 g/mol. The summed E-state index contributed by atoms with van der Waals surface area (Å²) in [7, 11) is 2.22. The average molecular weight is 295 g/mol. The van der Waals surface area contributed by atoms with E-state index in [9.17, 15) is 0 Å². The predicted octanol–water partition coefficient (Wildman–Crippen LogP) is 3.26. The summed E-state index contributed by atoms with van der Waals surface area (Å²) in [5, 5.41) is 7.04. The Balaban J connectivity index is 1.80. The van der Waals surface area contributed by atoms with Gasteiger partial charge in [0.05, 0.1) is 5.69 Å². The van der Waals surface area contributed by atoms with Crippen molar-refractivity contribution in [1.82, 2.24) is 15.2 Å². The van der Waals surface area contributed by atoms with Crippen molar-refractivity contribution in [3.05, 3.63) is 16.1 Å². The first-order valence-electron chi connectivity index (χ1n) is 7.63. The minimum Gasteiger partial charge on any atom is -0.310 e. The highest BCUT2D eigenvalue weighted by Crippen LogP contribution is 2.29. The Morgan fingerprint density at radius 1 is 1.35 bits per heavy atom. The maximum absolute atomic E-state index is 4.75. The fraction of sp³-hybridized carbons (Fsp3) is 0.812. The standard InChI is InChI=1S/C16H29N3S/c1-15(2,3)13-11-20-14(18-13)10-17-12-16(4)6-8-19(5)9-7-16/h11,17H,6-10,12H2,1-5H3. The van der Waals surface area contributed by atoms with E-state index in [1.807, 2.05) is 0 Å². The first kappa shape index (κ1) is 15.9. The molecule has 0 aromatic carbocycles. The van der Waals surface area contributed by atoms with E-state index in [1.165, 1.54) is 36.6 Å². The van der Waals surface area contributed by atoms with Gasteiger partial charge < -0.3 is 10.2 Å². The summed E-state index contributed by atoms with van der Waals surface area (Å²) in [6, 6.07) is 0. The van der Waals surface area contributed by atoms with E-state index in [0.29, 0.717) is 5.41 Å². The van der Waals surface area contributed by atoms with Gasteiger partial charge in [-0.3, -0.25) is 0 Å². The summed E-state index contributed by atoms with van der Waals surface area (Å²) in [5.74, 6) is 0. The fourth-order valence-corrected chi connectivity index (χ4v) is 3.53. The Hall–Kier alpha value is -0.450. The van der Waals surface area contributed by atoms with E-state index in [-0.39, 0.29) is 5.41 Å². The van der Waals surface area contributed by atoms with Gasteiger partial charge in [0.1, 0.15) is 5.01 Å². The van der Waals surface area contributed by atoms with E-state index >= 15 is 0 Å². The van der Waals surface area contributed by atoms with E-state index < -0.39 is 0 Å². The van der Waals surface area contributed by atoms with Crippen molar-refractivity contribution in [3.8, 4) is 0 Å². The molecule has 2 heterocycles. The van der Waals surface area contributed by atoms with Crippen LogP contribution in [0.2, 0.25) is 0 Å². The predicted molar refractivity (Wildman–Crippen MR) is 87.4 cm³/mol. The molecule has 0 bridgehead atoms. The van der Waals surface area contributed by atoms with Gasteiger partial charge in [-0.15, -0.1) is 11.3 Å². The van der Waals surface area contributed by atoms with Crippen LogP contribution in [0.5, 0.6) is 0 Å². The van der Waals surface area contributed by atoms with Crippen LogP contribution in [0.1, 0.15) is 51.2 Å². The molecule has 20 heavy (non-hydrogen) atoms. The molecule has 1 fully saturated rings. The molecule has 0 radical (unpaired) electrons. The van der Waals surface area contributed by atoms with E-state index in [4.69, 9.17) is 4.98 Å². The summed E-state index contributed by atoms with van der Waals surface area (Å²) < 4.78 is 0. The monoisotopic (exact) mass is 295 g/mol. The highest BCUT2D eigenvalue weighted by atomic mass is 32.1. The van der Waals surface area contributed by atoms with Crippen molar-refractivity contribution >= 4 is 11.3 Å². The highest BCUT2D eigenvalue weighted by molar-refractivity contribution is 7.09. The summed E-state index contributed by atoms with van der Waals surface area (Å²) in [6.07, 6.45) is 2.59. The number of aromatic nitrogens is 1. The van der Waals surface area contributed by atoms with Gasteiger partial charge in [0.25, 0.3) is 0 Å². The third-order valence-electron chi connectivity index (χ3n) is 4.34. The topological polar surface area (TPSA) is 28.2 Å². The molecule has 4 heteroatoms. The number of nitrogens with one attached hydrogen (secondary N) is 1. The second-order valence-corrected chi connectivity index (χ2v) is 8.54. The SMILES string of the molecule is CN1CCC(C)(CNCc2nc(C(C)(C)C)cs2)CC1. The Bertz CT molecular complexity index is 425. The van der Waals surface area contributed by atoms with Crippen LogP contribution in [0.15, 0.2) is 5.38 Å². The molecule has 1 saturated heterocycles. The largest absolute Gasteiger partial charge is 0.310 e. The molecule has 1 aromatic heterocycles. The van der Waals surface area contributed by atoms with Crippen molar-refractivity contribution in [2.45, 2.75) is 52.5 Å². The van der Waals surface area contributed by atoms with Crippen LogP contribution in [0.4, 0.5) is 0 Å². The van der Waals surface area contributed by atoms with Crippen LogP contribution >= 0.6 is 11.3 Å². The molecule has 1 aliphatic rings. The Labute approximate surface area is 127 Å². The number of nitrogens with zero attached hydrogens (tertiary/aromatic N) is 2. The number of piperidine rings is 1. The summed E-state index contributed by atoms with van der Waals surface area (Å²) in [4.78, 5) is 7.18. The number of hydrogen-bond donors (Lipinski definition) is 1. The molecular formula is C16H29N3S. The van der Waals surface area contributed by atoms with Crippen molar-refractivity contribution in [2.75, 3.05) is 26.7 Å². The first-order chi connectivity index (χ1) is 9.28. The summed E-state index contributed by atoms with van der Waals surface area (Å²) in [6.45, 7) is 13.5. The smallest absolute Gasteiger partial charge is 0.107 e. The summed E-state index contributed by atoms with van der Waals surface area (Å²) in [5.41, 5.74) is 1.83. The normalized spacial score (nSPS) is 20.2. The van der Waals surface area contributed by atoms with Gasteiger partial charge in [-0.05, 0) is 38.4 Å². The third kappa shape index (κ3) is 4.27. The Morgan fingerprint density at radius 2 is 2.00 bits per heavy atom. The lowest BCUT2D eigenvalue weighted by Gasteiger charge is -2.38. The molecule has 1 N–H and O–H groups in total. The molecule has 0 amide bonds. The molecule has 0 saturated carbocycles. The Morgan fingerprint density at radius 3 is 2.55 bits per heavy atom. The maximum atomic E-state index is 4.75. The quantitative estimate of drug-likeness (QED) is 0.924. The zero-order valence-corrected chi connectivity index (χ0v) is 14.4. The van der Waals surface area contributed by atoms with Crippen molar-refractivity contribution in [3.63, 3.8) is 0 Å². The third-order valence-corrected chi connectivity index (χ3v) is 5.19. The van der Waals surface area contributed by atoms with E-state index in [1.54, 1.807) is 11.3 Å². The minimum atomic E-state index is 0.161. The molecule has 0 unspecified atom stereocenters. The van der Waals surface area contributed by atoms with Crippen molar-refractivity contribution < 1.29 is 0 Å². The molecule has 114 valence electrons. The van der Waals surface area contributed by atoms with Gasteiger partial charge in [-0.25, -0.2) is 4.98 Å². The van der Waals surface area contributed by atoms with Crippen LogP contribution in [-0.4, -0.2) is 36.6 Å². The summed E-state index contributed by atoms with van der Waals surface area (Å²) >= 11 is 1.78. The Kier molecular flexibility index (Phi) is 4.88. The fourth-order valence-electron chi connectivity index (χ4n) is 2.54. The average Bonchev–Trinajstić information content (AvgIpc) is 2.82. The van der Waals surface area contributed by atoms with Crippen LogP contribution in [-0.2, 0) is 12.0 Å². The zero-order valence-electron chi connectivity index (χ0n) is 13.6. The lowest BCUT2D eigenvalue weighted by Crippen LogP contribution is -2.41. The van der Waals surface area contributed by atoms with E-state index in [2.05, 4.69) is 50.3 Å². The minimum absolute atomic E-state index is 0.161. The maximum Gasteiger partial charge on any atom is 0.107 e. The van der Waals surface area contributed by atoms with Gasteiger partial charge in [0.2, 0.25) is 0 Å². The van der Waals surface area contributed by atoms with Gasteiger partial charge in [0, 0.05) is 23.9 Å². The first-order valence-corrected chi connectivity index (χ1v) is 8.51. The number of likely N-dealkylation sites (tertiary alicyclic amines) is 1. The van der Waals surface area contributed by atoms with Crippen LogP contribution in [0.25, 0.3) is 0 Å². The number of rotatable bonds is 4. The highest BCUT2D eigenvalue weighted by Gasteiger charge is 2.28. The molecule has 0 atom stereocenters. The van der Waals surface area contributed by atoms with E-state index in [0.717, 1.165) is 13.1 Å². The van der Waals surface area contributed by atoms with Gasteiger partial charge >= 0.3 is 0 Å². The second-order valence-electron chi connectivity index (χ2n) is 7.59. The lowest BCUT2D eigenvalue weighted by molar-refractivity contribution is 0.137. The number of thiazole rings is 1. The molecule has 0 spiro atoms. The van der Waals surface area contributed by atoms with Crippen LogP contribution < -0.4 is 5.32 Å². The van der Waals surface area contributed by atoms with Crippen LogP contribution in [0, 0.1) is 5.41 Å². The van der Waals surface area contributed by atoms with Crippen LogP contribution in [0.3, 0.4) is 0 Å².